The van der Waals surface area contributed by atoms with E-state index in [1.165, 1.54) is 97.2 Å². The first-order valence-corrected chi connectivity index (χ1v) is 27.7. The van der Waals surface area contributed by atoms with Gasteiger partial charge in [-0.2, -0.15) is 0 Å². The van der Waals surface area contributed by atoms with Gasteiger partial charge in [0.2, 0.25) is 6.71 Å². The van der Waals surface area contributed by atoms with Gasteiger partial charge < -0.3 is 4.90 Å². The minimum absolute atomic E-state index is 0.0269. The number of anilines is 3. The minimum Gasteiger partial charge on any atom is -0.312 e. The summed E-state index contributed by atoms with van der Waals surface area (Å²) in [5, 5.41) is 11.5. The average Bonchev–Trinajstić information content (AvgIpc) is 3.35. The summed E-state index contributed by atoms with van der Waals surface area (Å²) in [6.45, 7) is 14.1. The molecule has 0 bridgehead atoms. The molecule has 0 saturated carbocycles. The summed E-state index contributed by atoms with van der Waals surface area (Å²) >= 11 is 0. The highest BCUT2D eigenvalue weighted by Crippen LogP contribution is 2.42. The van der Waals surface area contributed by atoms with Gasteiger partial charge in [-0.15, -0.1) is 0 Å². The van der Waals surface area contributed by atoms with E-state index in [4.69, 9.17) is 0 Å². The molecule has 0 saturated heterocycles. The maximum atomic E-state index is 2.73. The zero-order chi connectivity index (χ0) is 45.0. The number of hydrogen-bond donors (Lipinski definition) is 0. The standard InChI is InChI=1S/C62H54BNSi2/c1-61(2,3)45-36-34-43(35-37-45)44-40-54-59-58(41-44)66(49-26-15-9-16-27-49,50-28-17-10-18-29-50)57-42-46(62(4,5)6)38-39-51(57)63(59)52-30-21-33-56-60(52)64(54)53-31-19-20-32-55(53)65(56,47-22-11-7-12-23-47)48-24-13-8-14-25-48/h7-42H,1-6H3. The fourth-order valence-corrected chi connectivity index (χ4v) is 22.6. The molecule has 0 unspecified atom stereocenters. The van der Waals surface area contributed by atoms with E-state index in [-0.39, 0.29) is 17.5 Å². The highest BCUT2D eigenvalue weighted by Gasteiger charge is 2.57. The molecule has 0 radical (unpaired) electrons. The number of para-hydroxylation sites is 2. The summed E-state index contributed by atoms with van der Waals surface area (Å²) < 4.78 is 0. The van der Waals surface area contributed by atoms with Gasteiger partial charge >= 0.3 is 0 Å². The Morgan fingerprint density at radius 3 is 1.38 bits per heavy atom. The zero-order valence-corrected chi connectivity index (χ0v) is 40.8. The Kier molecular flexibility index (Phi) is 9.20. The molecule has 0 amide bonds. The Balaban J connectivity index is 1.28. The van der Waals surface area contributed by atoms with Crippen LogP contribution in [0.2, 0.25) is 0 Å². The third kappa shape index (κ3) is 5.77. The van der Waals surface area contributed by atoms with Crippen molar-refractivity contribution in [2.75, 3.05) is 4.90 Å². The molecule has 0 fully saturated rings. The Labute approximate surface area is 393 Å². The van der Waals surface area contributed by atoms with Crippen molar-refractivity contribution in [1.29, 1.82) is 0 Å². The fourth-order valence-electron chi connectivity index (χ4n) is 12.2. The Hall–Kier alpha value is -6.72. The number of rotatable bonds is 5. The molecule has 3 aliphatic heterocycles. The van der Waals surface area contributed by atoms with E-state index in [0.717, 1.165) is 0 Å². The first-order valence-electron chi connectivity index (χ1n) is 23.7. The molecule has 3 aliphatic rings. The lowest BCUT2D eigenvalue weighted by molar-refractivity contribution is 0.590. The molecule has 0 atom stereocenters. The second kappa shape index (κ2) is 14.9. The van der Waals surface area contributed by atoms with E-state index in [2.05, 4.69) is 265 Å². The predicted octanol–water partition coefficient (Wildman–Crippen LogP) is 7.63. The minimum atomic E-state index is -3.05. The summed E-state index contributed by atoms with van der Waals surface area (Å²) in [6, 6.07) is 85.3. The molecular weight excluding hydrogens is 826 g/mol. The van der Waals surface area contributed by atoms with Gasteiger partial charge in [-0.25, -0.2) is 0 Å². The van der Waals surface area contributed by atoms with Gasteiger partial charge in [-0.05, 0) is 97.6 Å². The molecule has 3 heterocycles. The van der Waals surface area contributed by atoms with Crippen LogP contribution in [0, 0.1) is 0 Å². The molecule has 0 spiro atoms. The van der Waals surface area contributed by atoms with Crippen LogP contribution in [-0.4, -0.2) is 22.9 Å². The molecule has 1 nitrogen and oxygen atoms in total. The first kappa shape index (κ1) is 40.8. The molecule has 0 aromatic heterocycles. The number of nitrogens with zero attached hydrogens (tertiary/aromatic N) is 1. The van der Waals surface area contributed by atoms with Gasteiger partial charge in [0, 0.05) is 17.1 Å². The van der Waals surface area contributed by atoms with Gasteiger partial charge in [0.05, 0.1) is 0 Å². The maximum Gasteiger partial charge on any atom is 0.246 e. The third-order valence-electron chi connectivity index (χ3n) is 15.2. The van der Waals surface area contributed by atoms with E-state index < -0.39 is 16.1 Å². The van der Waals surface area contributed by atoms with Gasteiger partial charge in [0.25, 0.3) is 0 Å². The van der Waals surface area contributed by atoms with Crippen molar-refractivity contribution >= 4 is 97.8 Å². The molecule has 0 aliphatic carbocycles. The topological polar surface area (TPSA) is 3.24 Å². The van der Waals surface area contributed by atoms with Crippen LogP contribution in [0.3, 0.4) is 0 Å². The van der Waals surface area contributed by atoms with Crippen LogP contribution in [0.1, 0.15) is 52.7 Å². The largest absolute Gasteiger partial charge is 0.312 e. The monoisotopic (exact) mass is 879 g/mol. The van der Waals surface area contributed by atoms with E-state index >= 15 is 0 Å². The number of fused-ring (bicyclic) bond motifs is 6. The van der Waals surface area contributed by atoms with Crippen LogP contribution in [0.25, 0.3) is 11.1 Å². The summed E-state index contributed by atoms with van der Waals surface area (Å²) in [6.07, 6.45) is 0. The summed E-state index contributed by atoms with van der Waals surface area (Å²) in [7, 11) is -5.93. The van der Waals surface area contributed by atoms with Crippen molar-refractivity contribution in [3.63, 3.8) is 0 Å². The van der Waals surface area contributed by atoms with Gasteiger partial charge in [0.1, 0.15) is 0 Å². The van der Waals surface area contributed by atoms with Crippen LogP contribution in [0.15, 0.2) is 218 Å². The number of hydrogen-bond acceptors (Lipinski definition) is 1. The molecule has 0 N–H and O–H groups in total. The van der Waals surface area contributed by atoms with E-state index in [1.54, 1.807) is 0 Å². The summed E-state index contributed by atoms with van der Waals surface area (Å²) in [5.41, 5.74) is 13.5. The van der Waals surface area contributed by atoms with E-state index in [9.17, 15) is 0 Å². The summed E-state index contributed by atoms with van der Waals surface area (Å²) in [4.78, 5) is 2.73. The van der Waals surface area contributed by atoms with Crippen LogP contribution in [0.4, 0.5) is 17.1 Å². The highest BCUT2D eigenvalue weighted by molar-refractivity contribution is 7.27. The van der Waals surface area contributed by atoms with Crippen molar-refractivity contribution in [2.45, 2.75) is 52.4 Å². The molecule has 12 rings (SSSR count). The molecule has 66 heavy (non-hydrogen) atoms. The molecule has 4 heteroatoms. The maximum absolute atomic E-state index is 3.05. The van der Waals surface area contributed by atoms with Gasteiger partial charge in [0.15, 0.2) is 16.1 Å². The predicted molar refractivity (Wildman–Crippen MR) is 289 cm³/mol. The normalized spacial score (nSPS) is 15.0. The third-order valence-corrected chi connectivity index (χ3v) is 24.9. The quantitative estimate of drug-likeness (QED) is 0.161. The second-order valence-corrected chi connectivity index (χ2v) is 28.3. The molecule has 318 valence electrons. The van der Waals surface area contributed by atoms with Crippen molar-refractivity contribution in [3.8, 4) is 11.1 Å². The lowest BCUT2D eigenvalue weighted by atomic mass is 9.34. The highest BCUT2D eigenvalue weighted by atomic mass is 28.3. The molecule has 9 aromatic carbocycles. The van der Waals surface area contributed by atoms with Crippen LogP contribution in [-0.2, 0) is 10.8 Å². The van der Waals surface area contributed by atoms with E-state index in [0.29, 0.717) is 0 Å². The summed E-state index contributed by atoms with van der Waals surface area (Å²) in [5.74, 6) is 0. The molecular formula is C62H54BNSi2. The first-order chi connectivity index (χ1) is 32.0. The van der Waals surface area contributed by atoms with Gasteiger partial charge in [-0.1, -0.05) is 253 Å². The van der Waals surface area contributed by atoms with Crippen LogP contribution >= 0.6 is 0 Å². The zero-order valence-electron chi connectivity index (χ0n) is 38.8. The lowest BCUT2D eigenvalue weighted by Crippen LogP contribution is -2.88. The van der Waals surface area contributed by atoms with Crippen molar-refractivity contribution < 1.29 is 0 Å². The average molecular weight is 880 g/mol. The van der Waals surface area contributed by atoms with Crippen molar-refractivity contribution in [2.24, 2.45) is 0 Å². The Morgan fingerprint density at radius 2 is 0.833 bits per heavy atom. The lowest BCUT2D eigenvalue weighted by Gasteiger charge is -2.52. The van der Waals surface area contributed by atoms with Crippen LogP contribution in [0.5, 0.6) is 0 Å². The van der Waals surface area contributed by atoms with E-state index in [1.807, 2.05) is 0 Å². The second-order valence-electron chi connectivity index (χ2n) is 20.8. The SMILES string of the molecule is CC(C)(C)c1ccc(-c2cc3c4c(c2)[Si](c2ccccc2)(c2ccccc2)c2cc(C(C)(C)C)ccc2B4c2cccc4c2N3c2ccccc2[Si]4(c2ccccc2)c2ccccc2)cc1. The molecule has 9 aromatic rings. The smallest absolute Gasteiger partial charge is 0.246 e. The van der Waals surface area contributed by atoms with Crippen molar-refractivity contribution in [1.82, 2.24) is 0 Å². The number of benzene rings is 9. The Bertz CT molecular complexity index is 3240. The van der Waals surface area contributed by atoms with Gasteiger partial charge in [-0.3, -0.25) is 0 Å². The fraction of sp³-hybridized carbons (Fsp3) is 0.129. The van der Waals surface area contributed by atoms with Crippen molar-refractivity contribution in [3.05, 3.63) is 230 Å². The van der Waals surface area contributed by atoms with Crippen LogP contribution < -0.4 is 62.8 Å². The Morgan fingerprint density at radius 1 is 0.348 bits per heavy atom.